The summed E-state index contributed by atoms with van der Waals surface area (Å²) in [5.41, 5.74) is 3.12. The summed E-state index contributed by atoms with van der Waals surface area (Å²) in [6.07, 6.45) is 0. The first-order valence-electron chi connectivity index (χ1n) is 7.22. The average Bonchev–Trinajstić information content (AvgIpc) is 2.78. The van der Waals surface area contributed by atoms with Gasteiger partial charge in [0, 0.05) is 23.0 Å². The van der Waals surface area contributed by atoms with Gasteiger partial charge < -0.3 is 14.6 Å². The van der Waals surface area contributed by atoms with Crippen LogP contribution >= 0.6 is 11.6 Å². The first-order chi connectivity index (χ1) is 11.0. The van der Waals surface area contributed by atoms with Gasteiger partial charge in [-0.25, -0.2) is 0 Å². The van der Waals surface area contributed by atoms with E-state index in [0.717, 1.165) is 16.5 Å². The molecule has 1 N–H and O–H groups in total. The van der Waals surface area contributed by atoms with Crippen molar-refractivity contribution in [3.8, 4) is 5.75 Å². The van der Waals surface area contributed by atoms with E-state index in [2.05, 4.69) is 5.32 Å². The Morgan fingerprint density at radius 2 is 1.96 bits per heavy atom. The molecule has 3 rings (SSSR count). The molecule has 5 heteroatoms. The van der Waals surface area contributed by atoms with E-state index < -0.39 is 0 Å². The number of fused-ring (bicyclic) bond motifs is 1. The number of nitrogens with one attached hydrogen (secondary N) is 1. The molecule has 1 aromatic heterocycles. The maximum atomic E-state index is 12.8. The van der Waals surface area contributed by atoms with Crippen LogP contribution in [0.1, 0.15) is 16.1 Å². The van der Waals surface area contributed by atoms with Gasteiger partial charge in [0.2, 0.25) is 0 Å². The lowest BCUT2D eigenvalue weighted by molar-refractivity contribution is 0.101. The normalized spacial score (nSPS) is 10.8. The minimum absolute atomic E-state index is 0.179. The summed E-state index contributed by atoms with van der Waals surface area (Å²) in [5, 5.41) is 4.55. The Balaban J connectivity index is 2.04. The summed E-state index contributed by atoms with van der Waals surface area (Å²) in [7, 11) is 3.45. The van der Waals surface area contributed by atoms with E-state index in [4.69, 9.17) is 16.3 Å². The van der Waals surface area contributed by atoms with Crippen molar-refractivity contribution in [3.05, 3.63) is 58.7 Å². The summed E-state index contributed by atoms with van der Waals surface area (Å²) in [6.45, 7) is 1.93. The van der Waals surface area contributed by atoms with Crippen LogP contribution in [0.2, 0.25) is 5.02 Å². The van der Waals surface area contributed by atoms with Gasteiger partial charge in [0.15, 0.2) is 0 Å². The number of aryl methyl sites for hydroxylation is 2. The highest BCUT2D eigenvalue weighted by Gasteiger charge is 2.19. The zero-order valence-corrected chi connectivity index (χ0v) is 13.9. The molecule has 0 spiro atoms. The van der Waals surface area contributed by atoms with Crippen molar-refractivity contribution < 1.29 is 9.53 Å². The topological polar surface area (TPSA) is 43.3 Å². The van der Waals surface area contributed by atoms with Crippen LogP contribution in [-0.4, -0.2) is 17.6 Å². The summed E-state index contributed by atoms with van der Waals surface area (Å²) in [6, 6.07) is 13.0. The Morgan fingerprint density at radius 1 is 1.22 bits per heavy atom. The van der Waals surface area contributed by atoms with E-state index >= 15 is 0 Å². The molecular formula is C18H17ClN2O2. The molecule has 0 saturated carbocycles. The SMILES string of the molecule is COc1ccccc1NC(=O)c1c(C)c2cc(Cl)ccc2n1C. The van der Waals surface area contributed by atoms with Crippen molar-refractivity contribution in [2.75, 3.05) is 12.4 Å². The van der Waals surface area contributed by atoms with Gasteiger partial charge in [-0.15, -0.1) is 0 Å². The van der Waals surface area contributed by atoms with Crippen molar-refractivity contribution >= 4 is 34.1 Å². The number of carbonyl (C=O) groups excluding carboxylic acids is 1. The first-order valence-corrected chi connectivity index (χ1v) is 7.59. The third-order valence-corrected chi connectivity index (χ3v) is 4.22. The summed E-state index contributed by atoms with van der Waals surface area (Å²) in [5.74, 6) is 0.446. The minimum Gasteiger partial charge on any atom is -0.495 e. The third-order valence-electron chi connectivity index (χ3n) is 3.98. The molecule has 2 aromatic carbocycles. The van der Waals surface area contributed by atoms with E-state index in [1.54, 1.807) is 7.11 Å². The van der Waals surface area contributed by atoms with Crippen LogP contribution in [0, 0.1) is 6.92 Å². The second kappa shape index (κ2) is 5.97. The van der Waals surface area contributed by atoms with Crippen molar-refractivity contribution in [1.29, 1.82) is 0 Å². The molecule has 23 heavy (non-hydrogen) atoms. The quantitative estimate of drug-likeness (QED) is 0.774. The van der Waals surface area contributed by atoms with Crippen molar-refractivity contribution in [3.63, 3.8) is 0 Å². The number of methoxy groups -OCH3 is 1. The van der Waals surface area contributed by atoms with E-state index in [1.807, 2.05) is 61.0 Å². The minimum atomic E-state index is -0.179. The zero-order chi connectivity index (χ0) is 16.6. The monoisotopic (exact) mass is 328 g/mol. The molecule has 0 aliphatic rings. The second-order valence-electron chi connectivity index (χ2n) is 5.35. The van der Waals surface area contributed by atoms with Crippen LogP contribution < -0.4 is 10.1 Å². The van der Waals surface area contributed by atoms with Crippen LogP contribution in [0.15, 0.2) is 42.5 Å². The highest BCUT2D eigenvalue weighted by Crippen LogP contribution is 2.29. The Labute approximate surface area is 139 Å². The number of halogens is 1. The lowest BCUT2D eigenvalue weighted by Gasteiger charge is -2.11. The average molecular weight is 329 g/mol. The fraction of sp³-hybridized carbons (Fsp3) is 0.167. The molecule has 3 aromatic rings. The van der Waals surface area contributed by atoms with E-state index in [1.165, 1.54) is 0 Å². The fourth-order valence-corrected chi connectivity index (χ4v) is 3.02. The number of nitrogens with zero attached hydrogens (tertiary/aromatic N) is 1. The number of ether oxygens (including phenoxy) is 1. The van der Waals surface area contributed by atoms with Crippen molar-refractivity contribution in [1.82, 2.24) is 4.57 Å². The molecule has 0 bridgehead atoms. The predicted molar refractivity (Wildman–Crippen MR) is 93.6 cm³/mol. The predicted octanol–water partition coefficient (Wildman–Crippen LogP) is 4.40. The van der Waals surface area contributed by atoms with E-state index in [0.29, 0.717) is 22.2 Å². The molecule has 1 heterocycles. The van der Waals surface area contributed by atoms with Crippen LogP contribution in [0.25, 0.3) is 10.9 Å². The lowest BCUT2D eigenvalue weighted by atomic mass is 10.1. The van der Waals surface area contributed by atoms with Crippen LogP contribution in [0.5, 0.6) is 5.75 Å². The molecule has 0 fully saturated rings. The van der Waals surface area contributed by atoms with Crippen molar-refractivity contribution in [2.45, 2.75) is 6.92 Å². The Hall–Kier alpha value is -2.46. The van der Waals surface area contributed by atoms with Gasteiger partial charge in [-0.1, -0.05) is 23.7 Å². The van der Waals surface area contributed by atoms with E-state index in [-0.39, 0.29) is 5.91 Å². The molecule has 0 aliphatic carbocycles. The van der Waals surface area contributed by atoms with Gasteiger partial charge in [0.05, 0.1) is 12.8 Å². The van der Waals surface area contributed by atoms with Gasteiger partial charge >= 0.3 is 0 Å². The maximum absolute atomic E-state index is 12.8. The number of benzene rings is 2. The van der Waals surface area contributed by atoms with Gasteiger partial charge in [-0.2, -0.15) is 0 Å². The third kappa shape index (κ3) is 2.66. The molecule has 0 unspecified atom stereocenters. The zero-order valence-electron chi connectivity index (χ0n) is 13.2. The number of carbonyl (C=O) groups is 1. The standard InChI is InChI=1S/C18H17ClN2O2/c1-11-13-10-12(19)8-9-15(13)21(2)17(11)18(22)20-14-6-4-5-7-16(14)23-3/h4-10H,1-3H3,(H,20,22). The number of anilines is 1. The van der Waals surface area contributed by atoms with Gasteiger partial charge in [0.1, 0.15) is 11.4 Å². The molecular weight excluding hydrogens is 312 g/mol. The molecule has 0 radical (unpaired) electrons. The summed E-state index contributed by atoms with van der Waals surface area (Å²) in [4.78, 5) is 12.8. The highest BCUT2D eigenvalue weighted by atomic mass is 35.5. The summed E-state index contributed by atoms with van der Waals surface area (Å²) < 4.78 is 7.16. The molecule has 0 aliphatic heterocycles. The molecule has 4 nitrogen and oxygen atoms in total. The first kappa shape index (κ1) is 15.4. The molecule has 0 atom stereocenters. The number of amides is 1. The fourth-order valence-electron chi connectivity index (χ4n) is 2.85. The number of aromatic nitrogens is 1. The maximum Gasteiger partial charge on any atom is 0.272 e. The smallest absolute Gasteiger partial charge is 0.272 e. The van der Waals surface area contributed by atoms with Gasteiger partial charge in [0.25, 0.3) is 5.91 Å². The molecule has 1 amide bonds. The molecule has 0 saturated heterocycles. The second-order valence-corrected chi connectivity index (χ2v) is 5.78. The number of rotatable bonds is 3. The van der Waals surface area contributed by atoms with Crippen LogP contribution in [-0.2, 0) is 7.05 Å². The van der Waals surface area contributed by atoms with Crippen LogP contribution in [0.4, 0.5) is 5.69 Å². The number of hydrogen-bond donors (Lipinski definition) is 1. The van der Waals surface area contributed by atoms with Gasteiger partial charge in [-0.3, -0.25) is 4.79 Å². The lowest BCUT2D eigenvalue weighted by Crippen LogP contribution is -2.17. The molecule has 118 valence electrons. The Morgan fingerprint density at radius 3 is 2.70 bits per heavy atom. The number of hydrogen-bond acceptors (Lipinski definition) is 2. The summed E-state index contributed by atoms with van der Waals surface area (Å²) >= 11 is 6.07. The Kier molecular flexibility index (Phi) is 4.01. The van der Waals surface area contributed by atoms with Crippen LogP contribution in [0.3, 0.4) is 0 Å². The number of para-hydroxylation sites is 2. The van der Waals surface area contributed by atoms with Crippen molar-refractivity contribution in [2.24, 2.45) is 7.05 Å². The highest BCUT2D eigenvalue weighted by molar-refractivity contribution is 6.31. The Bertz CT molecular complexity index is 899. The largest absolute Gasteiger partial charge is 0.495 e. The van der Waals surface area contributed by atoms with E-state index in [9.17, 15) is 4.79 Å². The van der Waals surface area contributed by atoms with Gasteiger partial charge in [-0.05, 0) is 42.8 Å².